The lowest BCUT2D eigenvalue weighted by Gasteiger charge is -2.28. The molecule has 1 rings (SSSR count). The van der Waals surface area contributed by atoms with E-state index in [1.807, 2.05) is 13.8 Å². The predicted octanol–water partition coefficient (Wildman–Crippen LogP) is 1.84. The number of hydrogen-bond acceptors (Lipinski definition) is 4. The van der Waals surface area contributed by atoms with Gasteiger partial charge in [0.1, 0.15) is 5.82 Å². The smallest absolute Gasteiger partial charge is 0.251 e. The first kappa shape index (κ1) is 14.4. The molecule has 0 aliphatic rings. The molecule has 0 saturated heterocycles. The molecule has 5 heteroatoms. The van der Waals surface area contributed by atoms with Crippen LogP contribution in [0.1, 0.15) is 43.7 Å². The monoisotopic (exact) mass is 250 g/mol. The van der Waals surface area contributed by atoms with Crippen LogP contribution in [-0.4, -0.2) is 16.9 Å². The Hall–Kier alpha value is -1.62. The van der Waals surface area contributed by atoms with E-state index in [4.69, 9.17) is 5.84 Å². The zero-order valence-electron chi connectivity index (χ0n) is 11.7. The van der Waals surface area contributed by atoms with Crippen molar-refractivity contribution < 1.29 is 4.79 Å². The lowest BCUT2D eigenvalue weighted by molar-refractivity contribution is 0.0910. The van der Waals surface area contributed by atoms with Gasteiger partial charge in [0, 0.05) is 17.3 Å². The minimum atomic E-state index is -0.112. The summed E-state index contributed by atoms with van der Waals surface area (Å²) in [5, 5.41) is 2.98. The number of hydrazine groups is 1. The van der Waals surface area contributed by atoms with Crippen LogP contribution in [0.25, 0.3) is 0 Å². The molecule has 1 heterocycles. The van der Waals surface area contributed by atoms with Crippen LogP contribution in [0.3, 0.4) is 0 Å². The van der Waals surface area contributed by atoms with Crippen LogP contribution in [0, 0.1) is 12.3 Å². The van der Waals surface area contributed by atoms with Gasteiger partial charge >= 0.3 is 0 Å². The average molecular weight is 250 g/mol. The molecule has 1 amide bonds. The number of nitrogen functional groups attached to an aromatic ring is 1. The summed E-state index contributed by atoms with van der Waals surface area (Å²) >= 11 is 0. The number of aromatic nitrogens is 1. The molecule has 0 radical (unpaired) electrons. The SMILES string of the molecule is Cc1cc(C(=O)NC(C)C(C)(C)C)cc(NN)n1. The Morgan fingerprint density at radius 3 is 2.50 bits per heavy atom. The van der Waals surface area contributed by atoms with Gasteiger partial charge in [0.05, 0.1) is 0 Å². The van der Waals surface area contributed by atoms with Crippen molar-refractivity contribution in [2.45, 2.75) is 40.7 Å². The Kier molecular flexibility index (Phi) is 4.29. The summed E-state index contributed by atoms with van der Waals surface area (Å²) in [4.78, 5) is 16.3. The lowest BCUT2D eigenvalue weighted by Crippen LogP contribution is -2.41. The minimum Gasteiger partial charge on any atom is -0.349 e. The van der Waals surface area contributed by atoms with Crippen molar-refractivity contribution in [3.63, 3.8) is 0 Å². The van der Waals surface area contributed by atoms with E-state index in [1.54, 1.807) is 12.1 Å². The normalized spacial score (nSPS) is 13.0. The number of nitrogens with two attached hydrogens (primary N) is 1. The highest BCUT2D eigenvalue weighted by molar-refractivity contribution is 5.95. The summed E-state index contributed by atoms with van der Waals surface area (Å²) < 4.78 is 0. The number of nitrogens with zero attached hydrogens (tertiary/aromatic N) is 1. The zero-order valence-corrected chi connectivity index (χ0v) is 11.7. The van der Waals surface area contributed by atoms with Crippen LogP contribution in [0.5, 0.6) is 0 Å². The first-order valence-electron chi connectivity index (χ1n) is 6.00. The maximum atomic E-state index is 12.1. The van der Waals surface area contributed by atoms with Crippen molar-refractivity contribution in [1.82, 2.24) is 10.3 Å². The number of nitrogens with one attached hydrogen (secondary N) is 2. The van der Waals surface area contributed by atoms with E-state index in [-0.39, 0.29) is 17.4 Å². The van der Waals surface area contributed by atoms with Crippen LogP contribution < -0.4 is 16.6 Å². The summed E-state index contributed by atoms with van der Waals surface area (Å²) in [5.74, 6) is 5.69. The number of pyridine rings is 1. The summed E-state index contributed by atoms with van der Waals surface area (Å²) in [6.07, 6.45) is 0. The number of hydrogen-bond donors (Lipinski definition) is 3. The molecule has 0 aliphatic heterocycles. The second kappa shape index (κ2) is 5.35. The number of carbonyl (C=O) groups excluding carboxylic acids is 1. The topological polar surface area (TPSA) is 80.0 Å². The minimum absolute atomic E-state index is 0.0205. The Morgan fingerprint density at radius 2 is 2.00 bits per heavy atom. The maximum absolute atomic E-state index is 12.1. The molecule has 1 atom stereocenters. The molecule has 1 aromatic heterocycles. The van der Waals surface area contributed by atoms with Gasteiger partial charge in [0.2, 0.25) is 0 Å². The largest absolute Gasteiger partial charge is 0.349 e. The number of amides is 1. The molecule has 0 spiro atoms. The molecule has 4 N–H and O–H groups in total. The number of rotatable bonds is 3. The highest BCUT2D eigenvalue weighted by Gasteiger charge is 2.22. The molecule has 0 bridgehead atoms. The summed E-state index contributed by atoms with van der Waals surface area (Å²) in [7, 11) is 0. The predicted molar refractivity (Wildman–Crippen MR) is 73.2 cm³/mol. The molecule has 100 valence electrons. The molecule has 0 fully saturated rings. The van der Waals surface area contributed by atoms with E-state index in [0.29, 0.717) is 11.4 Å². The molecule has 0 aromatic carbocycles. The van der Waals surface area contributed by atoms with Crippen LogP contribution in [-0.2, 0) is 0 Å². The van der Waals surface area contributed by atoms with Crippen LogP contribution in [0.15, 0.2) is 12.1 Å². The molecule has 0 aliphatic carbocycles. The third-order valence-corrected chi connectivity index (χ3v) is 3.01. The van der Waals surface area contributed by atoms with Gasteiger partial charge in [-0.05, 0) is 31.4 Å². The van der Waals surface area contributed by atoms with Gasteiger partial charge in [-0.2, -0.15) is 0 Å². The van der Waals surface area contributed by atoms with Gasteiger partial charge < -0.3 is 10.7 Å². The van der Waals surface area contributed by atoms with Crippen LogP contribution in [0.2, 0.25) is 0 Å². The quantitative estimate of drug-likeness (QED) is 0.565. The van der Waals surface area contributed by atoms with E-state index in [9.17, 15) is 4.79 Å². The maximum Gasteiger partial charge on any atom is 0.251 e. The van der Waals surface area contributed by atoms with Crippen molar-refractivity contribution in [3.05, 3.63) is 23.4 Å². The second-order valence-electron chi connectivity index (χ2n) is 5.59. The van der Waals surface area contributed by atoms with Crippen LogP contribution >= 0.6 is 0 Å². The molecule has 1 aromatic rings. The summed E-state index contributed by atoms with van der Waals surface area (Å²) in [6, 6.07) is 3.45. The van der Waals surface area contributed by atoms with Gasteiger partial charge in [0.25, 0.3) is 5.91 Å². The Labute approximate surface area is 108 Å². The van der Waals surface area contributed by atoms with Crippen LogP contribution in [0.4, 0.5) is 5.82 Å². The van der Waals surface area contributed by atoms with Crippen molar-refractivity contribution >= 4 is 11.7 Å². The van der Waals surface area contributed by atoms with E-state index >= 15 is 0 Å². The fourth-order valence-electron chi connectivity index (χ4n) is 1.37. The Balaban J connectivity index is 2.88. The summed E-state index contributed by atoms with van der Waals surface area (Å²) in [5.41, 5.74) is 3.79. The fraction of sp³-hybridized carbons (Fsp3) is 0.538. The molecule has 0 saturated carbocycles. The van der Waals surface area contributed by atoms with E-state index in [1.165, 1.54) is 0 Å². The highest BCUT2D eigenvalue weighted by atomic mass is 16.1. The number of carbonyl (C=O) groups is 1. The molecule has 18 heavy (non-hydrogen) atoms. The van der Waals surface area contributed by atoms with E-state index < -0.39 is 0 Å². The first-order chi connectivity index (χ1) is 8.24. The first-order valence-corrected chi connectivity index (χ1v) is 6.00. The standard InChI is InChI=1S/C13H22N4O/c1-8-6-10(7-11(15-8)17-14)12(18)16-9(2)13(3,4)5/h6-7,9H,14H2,1-5H3,(H,15,17)(H,16,18). The van der Waals surface area contributed by atoms with Gasteiger partial charge in [0.15, 0.2) is 0 Å². The third kappa shape index (κ3) is 3.70. The van der Waals surface area contributed by atoms with E-state index in [2.05, 4.69) is 36.5 Å². The molecule has 5 nitrogen and oxygen atoms in total. The average Bonchev–Trinajstić information content (AvgIpc) is 2.26. The highest BCUT2D eigenvalue weighted by Crippen LogP contribution is 2.19. The third-order valence-electron chi connectivity index (χ3n) is 3.01. The van der Waals surface area contributed by atoms with Gasteiger partial charge in [-0.3, -0.25) is 4.79 Å². The Morgan fingerprint density at radius 1 is 1.39 bits per heavy atom. The second-order valence-corrected chi connectivity index (χ2v) is 5.59. The molecule has 1 unspecified atom stereocenters. The van der Waals surface area contributed by atoms with Crippen molar-refractivity contribution in [3.8, 4) is 0 Å². The van der Waals surface area contributed by atoms with Gasteiger partial charge in [-0.25, -0.2) is 10.8 Å². The van der Waals surface area contributed by atoms with Gasteiger partial charge in [-0.15, -0.1) is 0 Å². The zero-order chi connectivity index (χ0) is 13.9. The number of anilines is 1. The molecular formula is C13H22N4O. The Bertz CT molecular complexity index is 437. The fourth-order valence-corrected chi connectivity index (χ4v) is 1.37. The lowest BCUT2D eigenvalue weighted by atomic mass is 9.88. The van der Waals surface area contributed by atoms with Gasteiger partial charge in [-0.1, -0.05) is 20.8 Å². The van der Waals surface area contributed by atoms with Crippen molar-refractivity contribution in [1.29, 1.82) is 0 Å². The van der Waals surface area contributed by atoms with E-state index in [0.717, 1.165) is 5.69 Å². The molecular weight excluding hydrogens is 228 g/mol. The summed E-state index contributed by atoms with van der Waals surface area (Å²) in [6.45, 7) is 10.1. The van der Waals surface area contributed by atoms with Crippen molar-refractivity contribution in [2.24, 2.45) is 11.3 Å². The number of aryl methyl sites for hydroxylation is 1. The van der Waals surface area contributed by atoms with Crippen molar-refractivity contribution in [2.75, 3.05) is 5.43 Å².